The Balaban J connectivity index is 1.48. The van der Waals surface area contributed by atoms with Crippen molar-refractivity contribution in [2.45, 2.75) is 26.3 Å². The Bertz CT molecular complexity index is 946. The Labute approximate surface area is 157 Å². The molecule has 0 radical (unpaired) electrons. The number of ether oxygens (including phenoxy) is 1. The van der Waals surface area contributed by atoms with E-state index in [0.29, 0.717) is 25.2 Å². The summed E-state index contributed by atoms with van der Waals surface area (Å²) < 4.78 is 10.9. The lowest BCUT2D eigenvalue weighted by atomic mass is 9.97. The van der Waals surface area contributed by atoms with Gasteiger partial charge < -0.3 is 14.6 Å². The first kappa shape index (κ1) is 17.5. The van der Waals surface area contributed by atoms with Crippen LogP contribution in [0.2, 0.25) is 0 Å². The molecule has 0 unspecified atom stereocenters. The molecule has 1 amide bonds. The zero-order valence-corrected chi connectivity index (χ0v) is 15.4. The van der Waals surface area contributed by atoms with E-state index in [9.17, 15) is 4.79 Å². The summed E-state index contributed by atoms with van der Waals surface area (Å²) >= 11 is 0. The minimum absolute atomic E-state index is 0.0804. The first-order valence-corrected chi connectivity index (χ1v) is 9.01. The monoisotopic (exact) mass is 366 g/mol. The normalized spacial score (nSPS) is 19.3. The highest BCUT2D eigenvalue weighted by Crippen LogP contribution is 2.24. The Hall–Kier alpha value is -2.93. The van der Waals surface area contributed by atoms with Crippen molar-refractivity contribution in [1.82, 2.24) is 20.7 Å². The number of hydrogen-bond acceptors (Lipinski definition) is 5. The lowest BCUT2D eigenvalue weighted by molar-refractivity contribution is 0.0925. The van der Waals surface area contributed by atoms with Crippen LogP contribution >= 0.6 is 0 Å². The number of aromatic nitrogens is 3. The first-order valence-electron chi connectivity index (χ1n) is 9.01. The van der Waals surface area contributed by atoms with E-state index in [1.807, 2.05) is 44.2 Å². The summed E-state index contributed by atoms with van der Waals surface area (Å²) in [5.41, 5.74) is 4.17. The van der Waals surface area contributed by atoms with Gasteiger partial charge in [0, 0.05) is 24.0 Å². The van der Waals surface area contributed by atoms with Crippen molar-refractivity contribution in [3.8, 4) is 11.3 Å². The number of nitrogens with zero attached hydrogens (tertiary/aromatic N) is 2. The van der Waals surface area contributed by atoms with Gasteiger partial charge in [0.05, 0.1) is 42.4 Å². The van der Waals surface area contributed by atoms with Crippen molar-refractivity contribution >= 4 is 5.91 Å². The molecule has 0 spiro atoms. The third-order valence-corrected chi connectivity index (χ3v) is 4.85. The number of carbonyl (C=O) groups excluding carboxylic acids is 1. The predicted molar refractivity (Wildman–Crippen MR) is 99.3 cm³/mol. The van der Waals surface area contributed by atoms with Gasteiger partial charge in [-0.3, -0.25) is 9.89 Å². The maximum Gasteiger partial charge on any atom is 0.255 e. The topological polar surface area (TPSA) is 93.0 Å². The van der Waals surface area contributed by atoms with E-state index in [4.69, 9.17) is 9.26 Å². The molecule has 0 saturated carbocycles. The molecule has 3 aromatic rings. The highest BCUT2D eigenvalue weighted by Gasteiger charge is 2.31. The average molecular weight is 366 g/mol. The predicted octanol–water partition coefficient (Wildman–Crippen LogP) is 2.67. The minimum atomic E-state index is -0.158. The maximum atomic E-state index is 12.9. The quantitative estimate of drug-likeness (QED) is 0.724. The van der Waals surface area contributed by atoms with Gasteiger partial charge in [0.2, 0.25) is 0 Å². The number of aromatic amines is 1. The Kier molecular flexibility index (Phi) is 4.77. The fourth-order valence-corrected chi connectivity index (χ4v) is 3.46. The third-order valence-electron chi connectivity index (χ3n) is 4.85. The standard InChI is InChI=1S/C20H22N4O3/c1-12-4-3-5-14(6-12)19-17(9-21-23-19)20(25)22-18-11-26-10-15(18)8-16-7-13(2)24-27-16/h3-7,9,15,18H,8,10-11H2,1-2H3,(H,21,23)(H,22,25)/t15-,18+/m0/s1. The molecule has 27 heavy (non-hydrogen) atoms. The molecule has 140 valence electrons. The second-order valence-electron chi connectivity index (χ2n) is 7.04. The van der Waals surface area contributed by atoms with Gasteiger partial charge in [-0.1, -0.05) is 28.9 Å². The van der Waals surface area contributed by atoms with E-state index in [1.54, 1.807) is 6.20 Å². The fraction of sp³-hybridized carbons (Fsp3) is 0.350. The molecular weight excluding hydrogens is 344 g/mol. The Morgan fingerprint density at radius 2 is 2.19 bits per heavy atom. The molecule has 1 fully saturated rings. The molecule has 1 aromatic carbocycles. The van der Waals surface area contributed by atoms with Gasteiger partial charge in [-0.15, -0.1) is 0 Å². The Morgan fingerprint density at radius 1 is 1.30 bits per heavy atom. The van der Waals surface area contributed by atoms with E-state index in [-0.39, 0.29) is 17.9 Å². The number of carbonyl (C=O) groups is 1. The molecule has 1 aliphatic heterocycles. The van der Waals surface area contributed by atoms with Crippen molar-refractivity contribution in [2.24, 2.45) is 5.92 Å². The number of rotatable bonds is 5. The van der Waals surface area contributed by atoms with Gasteiger partial charge in [-0.2, -0.15) is 5.10 Å². The highest BCUT2D eigenvalue weighted by atomic mass is 16.5. The average Bonchev–Trinajstić information content (AvgIpc) is 3.37. The molecular formula is C20H22N4O3. The summed E-state index contributed by atoms with van der Waals surface area (Å²) in [7, 11) is 0. The van der Waals surface area contributed by atoms with Crippen molar-refractivity contribution < 1.29 is 14.1 Å². The molecule has 3 heterocycles. The zero-order valence-electron chi connectivity index (χ0n) is 15.4. The fourth-order valence-electron chi connectivity index (χ4n) is 3.46. The molecule has 1 saturated heterocycles. The molecule has 1 aliphatic rings. The number of aryl methyl sites for hydroxylation is 2. The van der Waals surface area contributed by atoms with Crippen LogP contribution in [0.15, 0.2) is 41.1 Å². The van der Waals surface area contributed by atoms with Gasteiger partial charge in [0.25, 0.3) is 5.91 Å². The summed E-state index contributed by atoms with van der Waals surface area (Å²) in [4.78, 5) is 12.9. The van der Waals surface area contributed by atoms with Gasteiger partial charge in [-0.05, 0) is 19.9 Å². The van der Waals surface area contributed by atoms with E-state index in [2.05, 4.69) is 20.7 Å². The molecule has 2 atom stereocenters. The lowest BCUT2D eigenvalue weighted by Gasteiger charge is -2.18. The third kappa shape index (κ3) is 3.78. The van der Waals surface area contributed by atoms with Crippen molar-refractivity contribution in [3.63, 3.8) is 0 Å². The number of nitrogens with one attached hydrogen (secondary N) is 2. The summed E-state index contributed by atoms with van der Waals surface area (Å²) in [6.45, 7) is 4.98. The van der Waals surface area contributed by atoms with Crippen molar-refractivity contribution in [2.75, 3.05) is 13.2 Å². The summed E-state index contributed by atoms with van der Waals surface area (Å²) in [6.07, 6.45) is 2.25. The number of H-pyrrole nitrogens is 1. The second-order valence-corrected chi connectivity index (χ2v) is 7.04. The molecule has 4 rings (SSSR count). The second kappa shape index (κ2) is 7.36. The van der Waals surface area contributed by atoms with Crippen LogP contribution in [0.5, 0.6) is 0 Å². The van der Waals surface area contributed by atoms with Crippen LogP contribution in [-0.2, 0) is 11.2 Å². The summed E-state index contributed by atoms with van der Waals surface area (Å²) in [6, 6.07) is 9.81. The van der Waals surface area contributed by atoms with Gasteiger partial charge >= 0.3 is 0 Å². The van der Waals surface area contributed by atoms with E-state index in [0.717, 1.165) is 28.3 Å². The van der Waals surface area contributed by atoms with Gasteiger partial charge in [0.1, 0.15) is 5.76 Å². The van der Waals surface area contributed by atoms with Crippen LogP contribution in [0.1, 0.15) is 27.4 Å². The van der Waals surface area contributed by atoms with Crippen molar-refractivity contribution in [1.29, 1.82) is 0 Å². The molecule has 2 N–H and O–H groups in total. The molecule has 0 bridgehead atoms. The lowest BCUT2D eigenvalue weighted by Crippen LogP contribution is -2.40. The Morgan fingerprint density at radius 3 is 2.96 bits per heavy atom. The highest BCUT2D eigenvalue weighted by molar-refractivity contribution is 5.99. The van der Waals surface area contributed by atoms with Crippen LogP contribution in [0.25, 0.3) is 11.3 Å². The van der Waals surface area contributed by atoms with Crippen LogP contribution in [0, 0.1) is 19.8 Å². The molecule has 2 aromatic heterocycles. The van der Waals surface area contributed by atoms with E-state index >= 15 is 0 Å². The smallest absolute Gasteiger partial charge is 0.255 e. The van der Waals surface area contributed by atoms with Crippen molar-refractivity contribution in [3.05, 3.63) is 59.1 Å². The number of benzene rings is 1. The van der Waals surface area contributed by atoms with Gasteiger partial charge in [-0.25, -0.2) is 0 Å². The molecule has 7 heteroatoms. The number of hydrogen-bond donors (Lipinski definition) is 2. The first-order chi connectivity index (χ1) is 13.1. The maximum absolute atomic E-state index is 12.9. The summed E-state index contributed by atoms with van der Waals surface area (Å²) in [5.74, 6) is 0.802. The molecule has 7 nitrogen and oxygen atoms in total. The van der Waals surface area contributed by atoms with E-state index in [1.165, 1.54) is 0 Å². The van der Waals surface area contributed by atoms with Crippen LogP contribution in [0.4, 0.5) is 0 Å². The SMILES string of the molecule is Cc1cccc(-c2[nH]ncc2C(=O)N[C@@H]2COC[C@@H]2Cc2cc(C)no2)c1. The molecule has 0 aliphatic carbocycles. The van der Waals surface area contributed by atoms with Crippen LogP contribution < -0.4 is 5.32 Å². The number of amides is 1. The van der Waals surface area contributed by atoms with Crippen LogP contribution in [-0.4, -0.2) is 40.5 Å². The van der Waals surface area contributed by atoms with Gasteiger partial charge in [0.15, 0.2) is 0 Å². The zero-order chi connectivity index (χ0) is 18.8. The summed E-state index contributed by atoms with van der Waals surface area (Å²) in [5, 5.41) is 14.0. The van der Waals surface area contributed by atoms with Crippen LogP contribution in [0.3, 0.4) is 0 Å². The minimum Gasteiger partial charge on any atom is -0.379 e. The van der Waals surface area contributed by atoms with E-state index < -0.39 is 0 Å². The largest absolute Gasteiger partial charge is 0.379 e.